The average Bonchev–Trinajstić information content (AvgIpc) is 2.34. The van der Waals surface area contributed by atoms with E-state index in [9.17, 15) is 5.11 Å². The maximum Gasteiger partial charge on any atom is 0.160 e. The van der Waals surface area contributed by atoms with E-state index in [1.807, 2.05) is 12.1 Å². The lowest BCUT2D eigenvalue weighted by atomic mass is 9.85. The van der Waals surface area contributed by atoms with E-state index in [-0.39, 0.29) is 23.8 Å². The molecule has 0 aliphatic carbocycles. The van der Waals surface area contributed by atoms with Crippen molar-refractivity contribution in [3.63, 3.8) is 0 Å². The van der Waals surface area contributed by atoms with Crippen LogP contribution in [0.15, 0.2) is 18.2 Å². The molecule has 1 rings (SSSR count). The zero-order valence-electron chi connectivity index (χ0n) is 12.2. The van der Waals surface area contributed by atoms with Gasteiger partial charge in [0.25, 0.3) is 0 Å². The van der Waals surface area contributed by atoms with Crippen LogP contribution in [0.2, 0.25) is 0 Å². The summed E-state index contributed by atoms with van der Waals surface area (Å²) in [5, 5.41) is 22.1. The van der Waals surface area contributed by atoms with E-state index in [2.05, 4.69) is 26.1 Å². The lowest BCUT2D eigenvalue weighted by Crippen LogP contribution is -2.40. The minimum Gasteiger partial charge on any atom is -0.504 e. The first-order valence-electron chi connectivity index (χ1n) is 6.58. The van der Waals surface area contributed by atoms with Crippen molar-refractivity contribution in [2.75, 3.05) is 13.7 Å². The highest BCUT2D eigenvalue weighted by molar-refractivity contribution is 5.41. The molecule has 0 aliphatic rings. The van der Waals surface area contributed by atoms with Crippen LogP contribution in [0, 0.1) is 5.41 Å². The first kappa shape index (κ1) is 15.8. The molecule has 0 spiro atoms. The Morgan fingerprint density at radius 3 is 2.53 bits per heavy atom. The van der Waals surface area contributed by atoms with Crippen LogP contribution in [-0.4, -0.2) is 30.0 Å². The molecule has 0 aromatic heterocycles. The van der Waals surface area contributed by atoms with Gasteiger partial charge in [0.05, 0.1) is 7.11 Å². The third kappa shape index (κ3) is 4.73. The molecule has 0 bridgehead atoms. The molecule has 1 aromatic rings. The number of nitrogens with one attached hydrogen (secondary N) is 1. The molecule has 108 valence electrons. The summed E-state index contributed by atoms with van der Waals surface area (Å²) < 4.78 is 5.09. The van der Waals surface area contributed by atoms with Gasteiger partial charge in [-0.1, -0.05) is 26.8 Å². The second kappa shape index (κ2) is 6.78. The topological polar surface area (TPSA) is 61.7 Å². The van der Waals surface area contributed by atoms with E-state index < -0.39 is 0 Å². The molecular weight excluding hydrogens is 242 g/mol. The van der Waals surface area contributed by atoms with Crippen LogP contribution >= 0.6 is 0 Å². The van der Waals surface area contributed by atoms with Crippen molar-refractivity contribution in [3.05, 3.63) is 23.8 Å². The molecule has 0 radical (unpaired) electrons. The van der Waals surface area contributed by atoms with Gasteiger partial charge in [-0.25, -0.2) is 0 Å². The maximum atomic E-state index is 9.55. The largest absolute Gasteiger partial charge is 0.504 e. The maximum absolute atomic E-state index is 9.55. The SMILES string of the molecule is COc1cc(CNC(CCO)C(C)(C)C)ccc1O. The van der Waals surface area contributed by atoms with Crippen LogP contribution in [0.25, 0.3) is 0 Å². The number of aliphatic hydroxyl groups excluding tert-OH is 1. The number of benzene rings is 1. The Hall–Kier alpha value is -1.26. The molecule has 1 unspecified atom stereocenters. The Balaban J connectivity index is 2.69. The van der Waals surface area contributed by atoms with Gasteiger partial charge in [0.15, 0.2) is 11.5 Å². The fourth-order valence-electron chi connectivity index (χ4n) is 2.04. The molecule has 19 heavy (non-hydrogen) atoms. The Morgan fingerprint density at radius 2 is 2.00 bits per heavy atom. The van der Waals surface area contributed by atoms with Gasteiger partial charge in [-0.2, -0.15) is 0 Å². The fourth-order valence-corrected chi connectivity index (χ4v) is 2.04. The second-order valence-corrected chi connectivity index (χ2v) is 5.82. The number of aliphatic hydroxyl groups is 1. The number of rotatable bonds is 6. The Labute approximate surface area is 115 Å². The summed E-state index contributed by atoms with van der Waals surface area (Å²) >= 11 is 0. The van der Waals surface area contributed by atoms with Gasteiger partial charge in [-0.3, -0.25) is 0 Å². The molecule has 3 N–H and O–H groups in total. The van der Waals surface area contributed by atoms with Gasteiger partial charge in [0.2, 0.25) is 0 Å². The third-order valence-electron chi connectivity index (χ3n) is 3.26. The summed E-state index contributed by atoms with van der Waals surface area (Å²) in [5.41, 5.74) is 1.13. The van der Waals surface area contributed by atoms with Crippen LogP contribution in [0.1, 0.15) is 32.8 Å². The van der Waals surface area contributed by atoms with Gasteiger partial charge in [0.1, 0.15) is 0 Å². The predicted octanol–water partition coefficient (Wildman–Crippen LogP) is 2.29. The zero-order valence-corrected chi connectivity index (χ0v) is 12.2. The van der Waals surface area contributed by atoms with Crippen molar-refractivity contribution >= 4 is 0 Å². The van der Waals surface area contributed by atoms with Crippen molar-refractivity contribution < 1.29 is 14.9 Å². The van der Waals surface area contributed by atoms with Gasteiger partial charge in [0, 0.05) is 19.2 Å². The number of methoxy groups -OCH3 is 1. The highest BCUT2D eigenvalue weighted by Gasteiger charge is 2.23. The summed E-state index contributed by atoms with van der Waals surface area (Å²) in [6.45, 7) is 7.31. The van der Waals surface area contributed by atoms with Gasteiger partial charge in [-0.15, -0.1) is 0 Å². The van der Waals surface area contributed by atoms with E-state index in [1.54, 1.807) is 6.07 Å². The van der Waals surface area contributed by atoms with E-state index in [0.717, 1.165) is 12.0 Å². The van der Waals surface area contributed by atoms with Gasteiger partial charge in [-0.05, 0) is 29.5 Å². The highest BCUT2D eigenvalue weighted by atomic mass is 16.5. The number of hydrogen-bond acceptors (Lipinski definition) is 4. The standard InChI is InChI=1S/C15H25NO3/c1-15(2,3)14(7-8-17)16-10-11-5-6-12(18)13(9-11)19-4/h5-6,9,14,16-18H,7-8,10H2,1-4H3. The van der Waals surface area contributed by atoms with Crippen molar-refractivity contribution in [2.24, 2.45) is 5.41 Å². The normalized spacial score (nSPS) is 13.3. The van der Waals surface area contributed by atoms with Gasteiger partial charge < -0.3 is 20.3 Å². The molecule has 0 saturated carbocycles. The molecule has 0 aliphatic heterocycles. The third-order valence-corrected chi connectivity index (χ3v) is 3.26. The van der Waals surface area contributed by atoms with E-state index in [4.69, 9.17) is 9.84 Å². The monoisotopic (exact) mass is 267 g/mol. The first-order chi connectivity index (χ1) is 8.88. The van der Waals surface area contributed by atoms with Crippen molar-refractivity contribution in [2.45, 2.75) is 39.8 Å². The summed E-state index contributed by atoms with van der Waals surface area (Å²) in [6, 6.07) is 5.55. The van der Waals surface area contributed by atoms with Crippen LogP contribution < -0.4 is 10.1 Å². The minimum absolute atomic E-state index is 0.0870. The number of hydrogen-bond donors (Lipinski definition) is 3. The van der Waals surface area contributed by atoms with Crippen LogP contribution in [0.4, 0.5) is 0 Å². The molecular formula is C15H25NO3. The number of phenols is 1. The molecule has 0 fully saturated rings. The van der Waals surface area contributed by atoms with Crippen molar-refractivity contribution in [1.82, 2.24) is 5.32 Å². The lowest BCUT2D eigenvalue weighted by Gasteiger charge is -2.31. The number of phenolic OH excluding ortho intramolecular Hbond substituents is 1. The molecule has 0 saturated heterocycles. The van der Waals surface area contributed by atoms with Gasteiger partial charge >= 0.3 is 0 Å². The van der Waals surface area contributed by atoms with Crippen LogP contribution in [-0.2, 0) is 6.54 Å². The predicted molar refractivity (Wildman–Crippen MR) is 76.4 cm³/mol. The molecule has 1 aromatic carbocycles. The smallest absolute Gasteiger partial charge is 0.160 e. The van der Waals surface area contributed by atoms with E-state index >= 15 is 0 Å². The van der Waals surface area contributed by atoms with Crippen molar-refractivity contribution in [3.8, 4) is 11.5 Å². The van der Waals surface area contributed by atoms with Crippen LogP contribution in [0.5, 0.6) is 11.5 Å². The summed E-state index contributed by atoms with van der Waals surface area (Å²) in [4.78, 5) is 0. The molecule has 0 heterocycles. The fraction of sp³-hybridized carbons (Fsp3) is 0.600. The Morgan fingerprint density at radius 1 is 1.32 bits per heavy atom. The van der Waals surface area contributed by atoms with E-state index in [1.165, 1.54) is 7.11 Å². The summed E-state index contributed by atoms with van der Waals surface area (Å²) in [6.07, 6.45) is 0.721. The highest BCUT2D eigenvalue weighted by Crippen LogP contribution is 2.27. The summed E-state index contributed by atoms with van der Waals surface area (Å²) in [7, 11) is 1.54. The average molecular weight is 267 g/mol. The lowest BCUT2D eigenvalue weighted by molar-refractivity contribution is 0.196. The number of ether oxygens (including phenoxy) is 1. The summed E-state index contributed by atoms with van der Waals surface area (Å²) in [5.74, 6) is 0.628. The quantitative estimate of drug-likeness (QED) is 0.740. The Bertz CT molecular complexity index is 399. The first-order valence-corrected chi connectivity index (χ1v) is 6.58. The zero-order chi connectivity index (χ0) is 14.5. The van der Waals surface area contributed by atoms with E-state index in [0.29, 0.717) is 12.3 Å². The van der Waals surface area contributed by atoms with Crippen LogP contribution in [0.3, 0.4) is 0 Å². The molecule has 4 nitrogen and oxygen atoms in total. The second-order valence-electron chi connectivity index (χ2n) is 5.82. The molecule has 0 amide bonds. The van der Waals surface area contributed by atoms with Crippen molar-refractivity contribution in [1.29, 1.82) is 0 Å². The Kier molecular flexibility index (Phi) is 5.63. The minimum atomic E-state index is 0.0870. The number of aromatic hydroxyl groups is 1. The molecule has 4 heteroatoms. The molecule has 1 atom stereocenters.